The van der Waals surface area contributed by atoms with Crippen molar-refractivity contribution in [2.75, 3.05) is 5.43 Å². The molecule has 2 heterocycles. The molecule has 0 fully saturated rings. The summed E-state index contributed by atoms with van der Waals surface area (Å²) in [5.74, 6) is 6.10. The second kappa shape index (κ2) is 6.01. The van der Waals surface area contributed by atoms with Crippen LogP contribution in [-0.2, 0) is 6.61 Å². The molecule has 8 heteroatoms. The summed E-state index contributed by atoms with van der Waals surface area (Å²) in [7, 11) is 0. The molecule has 3 N–H and O–H groups in total. The summed E-state index contributed by atoms with van der Waals surface area (Å²) in [4.78, 5) is 11.9. The molecule has 102 valence electrons. The van der Waals surface area contributed by atoms with Gasteiger partial charge in [-0.05, 0) is 26.0 Å². The lowest BCUT2D eigenvalue weighted by Gasteiger charge is -2.10. The van der Waals surface area contributed by atoms with Gasteiger partial charge in [-0.25, -0.2) is 5.84 Å². The van der Waals surface area contributed by atoms with Gasteiger partial charge in [0.25, 0.3) is 0 Å². The molecular weight excluding hydrogens is 250 g/mol. The molecule has 2 rings (SSSR count). The Morgan fingerprint density at radius 1 is 1.32 bits per heavy atom. The van der Waals surface area contributed by atoms with Crippen LogP contribution in [-0.4, -0.2) is 21.1 Å². The van der Waals surface area contributed by atoms with Gasteiger partial charge in [0.15, 0.2) is 0 Å². The number of hydrogen-bond donors (Lipinski definition) is 2. The summed E-state index contributed by atoms with van der Waals surface area (Å²) < 4.78 is 15.9. The maximum absolute atomic E-state index is 5.38. The molecular formula is C11H15N5O3. The van der Waals surface area contributed by atoms with E-state index in [1.165, 1.54) is 0 Å². The zero-order valence-electron chi connectivity index (χ0n) is 10.7. The SMILES string of the molecule is CC(C)Oc1nc(NN)nc(OCc2ccco2)n1. The van der Waals surface area contributed by atoms with Crippen LogP contribution < -0.4 is 20.7 Å². The van der Waals surface area contributed by atoms with Gasteiger partial charge in [0, 0.05) is 0 Å². The number of hydrogen-bond acceptors (Lipinski definition) is 8. The minimum atomic E-state index is -0.0639. The van der Waals surface area contributed by atoms with Gasteiger partial charge >= 0.3 is 12.0 Å². The molecule has 0 spiro atoms. The molecule has 0 aliphatic rings. The Hall–Kier alpha value is -2.35. The molecule has 0 atom stereocenters. The van der Waals surface area contributed by atoms with Crippen LogP contribution in [0.15, 0.2) is 22.8 Å². The van der Waals surface area contributed by atoms with E-state index in [2.05, 4.69) is 20.4 Å². The number of furan rings is 1. The number of ether oxygens (including phenoxy) is 2. The summed E-state index contributed by atoms with van der Waals surface area (Å²) in [5, 5.41) is 0. The van der Waals surface area contributed by atoms with E-state index < -0.39 is 0 Å². The van der Waals surface area contributed by atoms with Gasteiger partial charge in [0.2, 0.25) is 5.95 Å². The van der Waals surface area contributed by atoms with Crippen LogP contribution in [0.3, 0.4) is 0 Å². The number of hydrazine groups is 1. The van der Waals surface area contributed by atoms with Gasteiger partial charge in [0.1, 0.15) is 12.4 Å². The van der Waals surface area contributed by atoms with Crippen molar-refractivity contribution in [2.24, 2.45) is 5.84 Å². The molecule has 8 nitrogen and oxygen atoms in total. The molecule has 0 aromatic carbocycles. The highest BCUT2D eigenvalue weighted by atomic mass is 16.5. The van der Waals surface area contributed by atoms with Crippen LogP contribution in [0.1, 0.15) is 19.6 Å². The highest BCUT2D eigenvalue weighted by molar-refractivity contribution is 5.25. The third kappa shape index (κ3) is 3.81. The standard InChI is InChI=1S/C11H15N5O3/c1-7(2)19-11-14-9(16-12)13-10(15-11)18-6-8-4-3-5-17-8/h3-5,7H,6,12H2,1-2H3,(H,13,14,15,16). The highest BCUT2D eigenvalue weighted by Crippen LogP contribution is 2.14. The Labute approximate surface area is 109 Å². The van der Waals surface area contributed by atoms with Gasteiger partial charge in [-0.15, -0.1) is 4.98 Å². The Balaban J connectivity index is 2.09. The second-order valence-electron chi connectivity index (χ2n) is 3.90. The number of nitrogens with one attached hydrogen (secondary N) is 1. The smallest absolute Gasteiger partial charge is 0.324 e. The third-order valence-corrected chi connectivity index (χ3v) is 1.99. The first-order valence-electron chi connectivity index (χ1n) is 5.72. The van der Waals surface area contributed by atoms with Crippen molar-refractivity contribution < 1.29 is 13.9 Å². The molecule has 2 aromatic rings. The zero-order chi connectivity index (χ0) is 13.7. The van der Waals surface area contributed by atoms with Crippen molar-refractivity contribution in [1.29, 1.82) is 0 Å². The van der Waals surface area contributed by atoms with Gasteiger partial charge < -0.3 is 13.9 Å². The lowest BCUT2D eigenvalue weighted by atomic mass is 10.5. The Bertz CT molecular complexity index is 515. The lowest BCUT2D eigenvalue weighted by Crippen LogP contribution is -2.15. The fourth-order valence-corrected chi connectivity index (χ4v) is 1.26. The number of aromatic nitrogens is 3. The number of anilines is 1. The topological polar surface area (TPSA) is 108 Å². The Morgan fingerprint density at radius 3 is 2.74 bits per heavy atom. The summed E-state index contributed by atoms with van der Waals surface area (Å²) in [5.41, 5.74) is 2.33. The second-order valence-corrected chi connectivity index (χ2v) is 3.90. The maximum Gasteiger partial charge on any atom is 0.324 e. The number of rotatable bonds is 6. The normalized spacial score (nSPS) is 10.5. The molecule has 0 amide bonds. The molecule has 19 heavy (non-hydrogen) atoms. The quantitative estimate of drug-likeness (QED) is 0.590. The van der Waals surface area contributed by atoms with Gasteiger partial charge in [-0.1, -0.05) is 0 Å². The molecule has 0 bridgehead atoms. The Kier molecular flexibility index (Phi) is 4.14. The van der Waals surface area contributed by atoms with Crippen molar-refractivity contribution in [3.05, 3.63) is 24.2 Å². The van der Waals surface area contributed by atoms with Gasteiger partial charge in [-0.3, -0.25) is 5.43 Å². The number of nitrogens with zero attached hydrogens (tertiary/aromatic N) is 3. The van der Waals surface area contributed by atoms with E-state index in [0.29, 0.717) is 5.76 Å². The van der Waals surface area contributed by atoms with E-state index in [-0.39, 0.29) is 30.7 Å². The van der Waals surface area contributed by atoms with Gasteiger partial charge in [-0.2, -0.15) is 9.97 Å². The summed E-state index contributed by atoms with van der Waals surface area (Å²) >= 11 is 0. The zero-order valence-corrected chi connectivity index (χ0v) is 10.7. The highest BCUT2D eigenvalue weighted by Gasteiger charge is 2.10. The average molecular weight is 265 g/mol. The average Bonchev–Trinajstić information content (AvgIpc) is 2.88. The molecule has 0 aliphatic heterocycles. The first kappa shape index (κ1) is 13.1. The third-order valence-electron chi connectivity index (χ3n) is 1.99. The van der Waals surface area contributed by atoms with Gasteiger partial charge in [0.05, 0.1) is 12.4 Å². The van der Waals surface area contributed by atoms with Crippen LogP contribution in [0.25, 0.3) is 0 Å². The van der Waals surface area contributed by atoms with E-state index >= 15 is 0 Å². The van der Waals surface area contributed by atoms with Crippen LogP contribution in [0.2, 0.25) is 0 Å². The first-order chi connectivity index (χ1) is 9.17. The number of nitrogen functional groups attached to an aromatic ring is 1. The van der Waals surface area contributed by atoms with Crippen LogP contribution in [0.4, 0.5) is 5.95 Å². The first-order valence-corrected chi connectivity index (χ1v) is 5.72. The van der Waals surface area contributed by atoms with E-state index in [1.807, 2.05) is 13.8 Å². The van der Waals surface area contributed by atoms with Crippen molar-refractivity contribution in [1.82, 2.24) is 15.0 Å². The van der Waals surface area contributed by atoms with E-state index in [1.54, 1.807) is 18.4 Å². The minimum absolute atomic E-state index is 0.0639. The predicted molar refractivity (Wildman–Crippen MR) is 66.4 cm³/mol. The fourth-order valence-electron chi connectivity index (χ4n) is 1.26. The van der Waals surface area contributed by atoms with Crippen molar-refractivity contribution >= 4 is 5.95 Å². The van der Waals surface area contributed by atoms with Crippen LogP contribution in [0.5, 0.6) is 12.0 Å². The molecule has 0 saturated heterocycles. The largest absolute Gasteiger partial charge is 0.466 e. The summed E-state index contributed by atoms with van der Waals surface area (Å²) in [6.45, 7) is 3.94. The van der Waals surface area contributed by atoms with E-state index in [9.17, 15) is 0 Å². The Morgan fingerprint density at radius 2 is 2.11 bits per heavy atom. The van der Waals surface area contributed by atoms with Crippen molar-refractivity contribution in [3.8, 4) is 12.0 Å². The molecule has 0 aliphatic carbocycles. The predicted octanol–water partition coefficient (Wildman–Crippen LogP) is 1.12. The summed E-state index contributed by atoms with van der Waals surface area (Å²) in [6, 6.07) is 3.81. The van der Waals surface area contributed by atoms with E-state index in [0.717, 1.165) is 0 Å². The lowest BCUT2D eigenvalue weighted by molar-refractivity contribution is 0.207. The van der Waals surface area contributed by atoms with Crippen molar-refractivity contribution in [2.45, 2.75) is 26.6 Å². The maximum atomic E-state index is 5.38. The van der Waals surface area contributed by atoms with Crippen molar-refractivity contribution in [3.63, 3.8) is 0 Å². The fraction of sp³-hybridized carbons (Fsp3) is 0.364. The number of nitrogens with two attached hydrogens (primary N) is 1. The molecule has 0 unspecified atom stereocenters. The molecule has 0 saturated carbocycles. The molecule has 2 aromatic heterocycles. The van der Waals surface area contributed by atoms with Crippen LogP contribution in [0, 0.1) is 0 Å². The monoisotopic (exact) mass is 265 g/mol. The van der Waals surface area contributed by atoms with Crippen LogP contribution >= 0.6 is 0 Å². The molecule has 0 radical (unpaired) electrons. The summed E-state index contributed by atoms with van der Waals surface area (Å²) in [6.07, 6.45) is 1.50. The minimum Gasteiger partial charge on any atom is -0.466 e. The van der Waals surface area contributed by atoms with E-state index in [4.69, 9.17) is 19.7 Å².